The molecule has 0 spiro atoms. The van der Waals surface area contributed by atoms with E-state index in [0.717, 1.165) is 38.8 Å². The molecule has 28 heavy (non-hydrogen) atoms. The molecule has 1 unspecified atom stereocenters. The third kappa shape index (κ3) is 4.59. The number of hydrogen-bond donors (Lipinski definition) is 4. The zero-order valence-corrected chi connectivity index (χ0v) is 16.8. The molecular formula is C21H33BN2O4. The van der Waals surface area contributed by atoms with E-state index in [1.165, 1.54) is 16.7 Å². The first-order valence-corrected chi connectivity index (χ1v) is 10.5. The van der Waals surface area contributed by atoms with E-state index in [1.807, 2.05) is 0 Å². The Bertz CT molecular complexity index is 691. The predicted molar refractivity (Wildman–Crippen MR) is 110 cm³/mol. The van der Waals surface area contributed by atoms with Crippen LogP contribution in [0.15, 0.2) is 18.2 Å². The van der Waals surface area contributed by atoms with Crippen LogP contribution in [0.1, 0.15) is 61.3 Å². The fourth-order valence-corrected chi connectivity index (χ4v) is 5.04. The van der Waals surface area contributed by atoms with Crippen molar-refractivity contribution in [2.24, 2.45) is 11.7 Å². The highest BCUT2D eigenvalue weighted by molar-refractivity contribution is 6.40. The standard InChI is InChI=1S/C21H33BN2O4/c1-15-4-5-16-6-7-19(18(16)14-15)24-12-8-17(9-13-24)21(23,20(25)26)10-2-3-11-22(27)28/h4-5,14,17,19,27-28H,2-3,6-13,23H2,1H3,(H,25,26)/t19?,21-/m1/s1. The number of aryl methyl sites for hydroxylation is 2. The first kappa shape index (κ1) is 21.3. The Morgan fingerprint density at radius 3 is 2.61 bits per heavy atom. The summed E-state index contributed by atoms with van der Waals surface area (Å²) in [6.45, 7) is 3.89. The lowest BCUT2D eigenvalue weighted by atomic mass is 9.74. The van der Waals surface area contributed by atoms with Crippen molar-refractivity contribution in [3.63, 3.8) is 0 Å². The zero-order chi connectivity index (χ0) is 20.3. The summed E-state index contributed by atoms with van der Waals surface area (Å²) in [5, 5.41) is 27.7. The van der Waals surface area contributed by atoms with Crippen LogP contribution in [0.3, 0.4) is 0 Å². The molecule has 1 aromatic carbocycles. The molecule has 0 aromatic heterocycles. The molecule has 1 aromatic rings. The highest BCUT2D eigenvalue weighted by atomic mass is 16.4. The van der Waals surface area contributed by atoms with Crippen LogP contribution in [-0.2, 0) is 11.2 Å². The van der Waals surface area contributed by atoms with Gasteiger partial charge in [0.1, 0.15) is 5.54 Å². The molecule has 2 atom stereocenters. The summed E-state index contributed by atoms with van der Waals surface area (Å²) in [6, 6.07) is 7.17. The number of rotatable bonds is 8. The first-order chi connectivity index (χ1) is 13.3. The second-order valence-corrected chi connectivity index (χ2v) is 8.64. The van der Waals surface area contributed by atoms with Crippen molar-refractivity contribution < 1.29 is 19.9 Å². The zero-order valence-electron chi connectivity index (χ0n) is 16.8. The molecule has 0 amide bonds. The van der Waals surface area contributed by atoms with E-state index in [1.54, 1.807) is 0 Å². The van der Waals surface area contributed by atoms with Crippen molar-refractivity contribution in [3.8, 4) is 0 Å². The van der Waals surface area contributed by atoms with Crippen LogP contribution in [0, 0.1) is 12.8 Å². The second kappa shape index (κ2) is 8.95. The van der Waals surface area contributed by atoms with E-state index >= 15 is 0 Å². The Balaban J connectivity index is 1.59. The second-order valence-electron chi connectivity index (χ2n) is 8.64. The van der Waals surface area contributed by atoms with E-state index in [4.69, 9.17) is 15.8 Å². The fraction of sp³-hybridized carbons (Fsp3) is 0.667. The van der Waals surface area contributed by atoms with Gasteiger partial charge in [-0.2, -0.15) is 0 Å². The largest absolute Gasteiger partial charge is 0.480 e. The number of carboxylic acid groups (broad SMARTS) is 1. The molecule has 2 aliphatic rings. The highest BCUT2D eigenvalue weighted by Crippen LogP contribution is 2.40. The Labute approximate surface area is 167 Å². The topological polar surface area (TPSA) is 107 Å². The Morgan fingerprint density at radius 2 is 1.96 bits per heavy atom. The molecular weight excluding hydrogens is 355 g/mol. The minimum atomic E-state index is -1.34. The van der Waals surface area contributed by atoms with Gasteiger partial charge in [0.15, 0.2) is 0 Å². The molecule has 1 saturated heterocycles. The van der Waals surface area contributed by atoms with Crippen LogP contribution < -0.4 is 5.73 Å². The average molecular weight is 388 g/mol. The summed E-state index contributed by atoms with van der Waals surface area (Å²) in [5.74, 6) is -0.976. The lowest BCUT2D eigenvalue weighted by Crippen LogP contribution is -2.57. The minimum Gasteiger partial charge on any atom is -0.480 e. The molecule has 1 heterocycles. The SMILES string of the molecule is Cc1ccc2c(c1)C(N1CCC([C@](N)(CCCCB(O)O)C(=O)O)CC1)CC2. The lowest BCUT2D eigenvalue weighted by Gasteiger charge is -2.42. The van der Waals surface area contributed by atoms with Gasteiger partial charge in [0.2, 0.25) is 0 Å². The Hall–Kier alpha value is -1.41. The summed E-state index contributed by atoms with van der Waals surface area (Å²) in [4.78, 5) is 14.5. The van der Waals surface area contributed by atoms with Crippen LogP contribution in [0.25, 0.3) is 0 Å². The molecule has 0 radical (unpaired) electrons. The van der Waals surface area contributed by atoms with Gasteiger partial charge in [-0.15, -0.1) is 0 Å². The van der Waals surface area contributed by atoms with Gasteiger partial charge in [-0.1, -0.05) is 36.6 Å². The predicted octanol–water partition coefficient (Wildman–Crippen LogP) is 2.12. The number of nitrogens with two attached hydrogens (primary N) is 1. The number of benzene rings is 1. The minimum absolute atomic E-state index is 0.0429. The van der Waals surface area contributed by atoms with Crippen LogP contribution in [0.5, 0.6) is 0 Å². The van der Waals surface area contributed by atoms with Gasteiger partial charge in [-0.25, -0.2) is 0 Å². The Morgan fingerprint density at radius 1 is 1.25 bits per heavy atom. The Kier molecular flexibility index (Phi) is 6.81. The van der Waals surface area contributed by atoms with Gasteiger partial charge in [0, 0.05) is 6.04 Å². The van der Waals surface area contributed by atoms with Gasteiger partial charge < -0.3 is 20.9 Å². The summed E-state index contributed by atoms with van der Waals surface area (Å²) < 4.78 is 0. The van der Waals surface area contributed by atoms with E-state index in [9.17, 15) is 9.90 Å². The fourth-order valence-electron chi connectivity index (χ4n) is 5.04. The van der Waals surface area contributed by atoms with Gasteiger partial charge in [-0.05, 0) is 75.5 Å². The maximum atomic E-state index is 12.0. The summed E-state index contributed by atoms with van der Waals surface area (Å²) >= 11 is 0. The van der Waals surface area contributed by atoms with E-state index < -0.39 is 18.6 Å². The summed E-state index contributed by atoms with van der Waals surface area (Å²) in [5.41, 5.74) is 9.34. The van der Waals surface area contributed by atoms with E-state index in [-0.39, 0.29) is 12.2 Å². The van der Waals surface area contributed by atoms with Crippen LogP contribution >= 0.6 is 0 Å². The average Bonchev–Trinajstić information content (AvgIpc) is 3.08. The number of nitrogens with zero attached hydrogens (tertiary/aromatic N) is 1. The van der Waals surface area contributed by atoms with Crippen molar-refractivity contribution in [3.05, 3.63) is 34.9 Å². The maximum Gasteiger partial charge on any atom is 0.451 e. The number of carboxylic acids is 1. The molecule has 0 saturated carbocycles. The molecule has 1 fully saturated rings. The lowest BCUT2D eigenvalue weighted by molar-refractivity contribution is -0.147. The number of hydrogen-bond acceptors (Lipinski definition) is 5. The smallest absolute Gasteiger partial charge is 0.451 e. The van der Waals surface area contributed by atoms with Gasteiger partial charge in [0.05, 0.1) is 0 Å². The van der Waals surface area contributed by atoms with Crippen molar-refractivity contribution in [2.75, 3.05) is 13.1 Å². The van der Waals surface area contributed by atoms with Crippen molar-refractivity contribution in [2.45, 2.75) is 69.8 Å². The maximum absolute atomic E-state index is 12.0. The number of likely N-dealkylation sites (tertiary alicyclic amines) is 1. The summed E-state index contributed by atoms with van der Waals surface area (Å²) in [6.07, 6.45) is 5.65. The van der Waals surface area contributed by atoms with Crippen LogP contribution in [-0.4, -0.2) is 51.8 Å². The third-order valence-electron chi connectivity index (χ3n) is 6.75. The van der Waals surface area contributed by atoms with Gasteiger partial charge in [0.25, 0.3) is 0 Å². The molecule has 3 rings (SSSR count). The molecule has 154 valence electrons. The van der Waals surface area contributed by atoms with E-state index in [0.29, 0.717) is 25.3 Å². The number of aliphatic carboxylic acids is 1. The van der Waals surface area contributed by atoms with Crippen LogP contribution in [0.4, 0.5) is 0 Å². The molecule has 5 N–H and O–H groups in total. The van der Waals surface area contributed by atoms with Crippen molar-refractivity contribution in [1.82, 2.24) is 4.90 Å². The normalized spacial score (nSPS) is 22.6. The monoisotopic (exact) mass is 388 g/mol. The number of carbonyl (C=O) groups is 1. The number of piperidine rings is 1. The molecule has 1 aliphatic carbocycles. The molecule has 1 aliphatic heterocycles. The summed E-state index contributed by atoms with van der Waals surface area (Å²) in [7, 11) is -1.34. The molecule has 7 heteroatoms. The first-order valence-electron chi connectivity index (χ1n) is 10.5. The molecule has 0 bridgehead atoms. The van der Waals surface area contributed by atoms with Crippen LogP contribution in [0.2, 0.25) is 6.32 Å². The van der Waals surface area contributed by atoms with Crippen molar-refractivity contribution in [1.29, 1.82) is 0 Å². The van der Waals surface area contributed by atoms with Crippen molar-refractivity contribution >= 4 is 13.1 Å². The number of unbranched alkanes of at least 4 members (excludes halogenated alkanes) is 1. The van der Waals surface area contributed by atoms with E-state index in [2.05, 4.69) is 30.0 Å². The highest BCUT2D eigenvalue weighted by Gasteiger charge is 2.44. The van der Waals surface area contributed by atoms with Gasteiger partial charge in [-0.3, -0.25) is 9.69 Å². The number of fused-ring (bicyclic) bond motifs is 1. The quantitative estimate of drug-likeness (QED) is 0.402. The third-order valence-corrected chi connectivity index (χ3v) is 6.75. The van der Waals surface area contributed by atoms with Gasteiger partial charge >= 0.3 is 13.1 Å². The molecule has 6 nitrogen and oxygen atoms in total.